The molecule has 3 rings (SSSR count). The number of aromatic nitrogens is 1. The van der Waals surface area contributed by atoms with Gasteiger partial charge in [0.05, 0.1) is 5.56 Å². The third-order valence-corrected chi connectivity index (χ3v) is 3.69. The maximum atomic E-state index is 11.6. The molecule has 0 amide bonds. The molecular formula is C16H16N2O2. The first kappa shape index (κ1) is 12.8. The van der Waals surface area contributed by atoms with Crippen molar-refractivity contribution in [3.05, 3.63) is 69.1 Å². The Labute approximate surface area is 117 Å². The summed E-state index contributed by atoms with van der Waals surface area (Å²) in [6.07, 6.45) is 1.44. The van der Waals surface area contributed by atoms with Crippen molar-refractivity contribution < 1.29 is 4.79 Å². The normalized spacial score (nSPS) is 14.8. The van der Waals surface area contributed by atoms with E-state index in [4.69, 9.17) is 0 Å². The first-order valence-corrected chi connectivity index (χ1v) is 6.73. The maximum Gasteiger partial charge on any atom is 0.258 e. The fraction of sp³-hybridized carbons (Fsp3) is 0.250. The van der Waals surface area contributed by atoms with Gasteiger partial charge in [-0.25, -0.2) is 0 Å². The molecular weight excluding hydrogens is 252 g/mol. The van der Waals surface area contributed by atoms with Crippen molar-refractivity contribution >= 4 is 6.29 Å². The highest BCUT2D eigenvalue weighted by atomic mass is 16.1. The highest BCUT2D eigenvalue weighted by Gasteiger charge is 2.18. The van der Waals surface area contributed by atoms with Crippen LogP contribution in [0.3, 0.4) is 0 Å². The smallest absolute Gasteiger partial charge is 0.258 e. The minimum Gasteiger partial charge on any atom is -0.325 e. The van der Waals surface area contributed by atoms with Crippen LogP contribution in [0.1, 0.15) is 27.2 Å². The highest BCUT2D eigenvalue weighted by molar-refractivity contribution is 5.74. The molecule has 1 aromatic heterocycles. The van der Waals surface area contributed by atoms with Crippen LogP contribution in [0.5, 0.6) is 0 Å². The van der Waals surface area contributed by atoms with E-state index in [-0.39, 0.29) is 11.1 Å². The van der Waals surface area contributed by atoms with Gasteiger partial charge in [0.2, 0.25) is 0 Å². The van der Waals surface area contributed by atoms with Crippen molar-refractivity contribution in [2.45, 2.75) is 19.5 Å². The summed E-state index contributed by atoms with van der Waals surface area (Å²) in [7, 11) is 0. The van der Waals surface area contributed by atoms with Gasteiger partial charge in [0, 0.05) is 31.7 Å². The second-order valence-electron chi connectivity index (χ2n) is 5.12. The van der Waals surface area contributed by atoms with Crippen LogP contribution in [0.4, 0.5) is 0 Å². The average molecular weight is 268 g/mol. The van der Waals surface area contributed by atoms with Crippen LogP contribution >= 0.6 is 0 Å². The third kappa shape index (κ3) is 2.56. The molecule has 0 unspecified atom stereocenters. The van der Waals surface area contributed by atoms with Crippen LogP contribution in [0.25, 0.3) is 0 Å². The molecule has 0 saturated carbocycles. The van der Waals surface area contributed by atoms with Crippen LogP contribution in [-0.2, 0) is 19.5 Å². The van der Waals surface area contributed by atoms with Gasteiger partial charge < -0.3 is 4.98 Å². The number of aromatic amines is 1. The second kappa shape index (κ2) is 5.43. The Bertz CT molecular complexity index is 677. The van der Waals surface area contributed by atoms with E-state index in [0.29, 0.717) is 6.29 Å². The minimum absolute atomic E-state index is 0.213. The summed E-state index contributed by atoms with van der Waals surface area (Å²) in [5.41, 5.74) is 3.22. The van der Waals surface area contributed by atoms with Crippen LogP contribution in [0, 0.1) is 0 Å². The molecule has 1 aliphatic heterocycles. The summed E-state index contributed by atoms with van der Waals surface area (Å²) in [5, 5.41) is 0. The zero-order valence-corrected chi connectivity index (χ0v) is 11.1. The molecule has 102 valence electrons. The minimum atomic E-state index is -0.282. The van der Waals surface area contributed by atoms with Gasteiger partial charge in [-0.2, -0.15) is 0 Å². The van der Waals surface area contributed by atoms with E-state index in [2.05, 4.69) is 22.0 Å². The van der Waals surface area contributed by atoms with E-state index in [1.165, 1.54) is 5.56 Å². The number of rotatable bonds is 3. The molecule has 2 heterocycles. The summed E-state index contributed by atoms with van der Waals surface area (Å²) in [4.78, 5) is 27.6. The van der Waals surface area contributed by atoms with E-state index < -0.39 is 0 Å². The molecule has 20 heavy (non-hydrogen) atoms. The van der Waals surface area contributed by atoms with Crippen molar-refractivity contribution in [1.29, 1.82) is 0 Å². The molecule has 2 aromatic rings. The first-order chi connectivity index (χ1) is 9.76. The van der Waals surface area contributed by atoms with Crippen molar-refractivity contribution in [3.63, 3.8) is 0 Å². The second-order valence-corrected chi connectivity index (χ2v) is 5.12. The van der Waals surface area contributed by atoms with Gasteiger partial charge in [0.25, 0.3) is 5.56 Å². The third-order valence-electron chi connectivity index (χ3n) is 3.69. The van der Waals surface area contributed by atoms with E-state index in [1.54, 1.807) is 6.07 Å². The monoisotopic (exact) mass is 268 g/mol. The van der Waals surface area contributed by atoms with Gasteiger partial charge in [-0.3, -0.25) is 14.5 Å². The standard InChI is InChI=1S/C16H16N2O2/c19-11-14-8-13-10-18(7-6-15(13)17-16(14)20)9-12-4-2-1-3-5-12/h1-5,8,11H,6-7,9-10H2,(H,17,20). The molecule has 0 spiro atoms. The maximum absolute atomic E-state index is 11.6. The molecule has 0 saturated heterocycles. The summed E-state index contributed by atoms with van der Waals surface area (Å²) in [6, 6.07) is 12.0. The SMILES string of the molecule is O=Cc1cc2c([nH]c1=O)CCN(Cc1ccccc1)C2. The number of nitrogens with zero attached hydrogens (tertiary/aromatic N) is 1. The lowest BCUT2D eigenvalue weighted by Gasteiger charge is -2.28. The topological polar surface area (TPSA) is 53.2 Å². The summed E-state index contributed by atoms with van der Waals surface area (Å²) in [6.45, 7) is 2.57. The van der Waals surface area contributed by atoms with Crippen molar-refractivity contribution in [3.8, 4) is 0 Å². The number of benzene rings is 1. The zero-order valence-electron chi connectivity index (χ0n) is 11.1. The molecule has 4 nitrogen and oxygen atoms in total. The van der Waals surface area contributed by atoms with Crippen LogP contribution in [0.2, 0.25) is 0 Å². The largest absolute Gasteiger partial charge is 0.325 e. The van der Waals surface area contributed by atoms with Gasteiger partial charge in [-0.1, -0.05) is 30.3 Å². The number of hydrogen-bond donors (Lipinski definition) is 1. The van der Waals surface area contributed by atoms with Gasteiger partial charge in [-0.15, -0.1) is 0 Å². The van der Waals surface area contributed by atoms with E-state index in [0.717, 1.165) is 37.3 Å². The lowest BCUT2D eigenvalue weighted by atomic mass is 10.0. The number of carbonyl (C=O) groups excluding carboxylic acids is 1. The molecule has 1 aliphatic rings. The Morgan fingerprint density at radius 2 is 2.05 bits per heavy atom. The fourth-order valence-electron chi connectivity index (χ4n) is 2.65. The number of hydrogen-bond acceptors (Lipinski definition) is 3. The van der Waals surface area contributed by atoms with Gasteiger partial charge in [0.1, 0.15) is 0 Å². The lowest BCUT2D eigenvalue weighted by Crippen LogP contribution is -2.32. The van der Waals surface area contributed by atoms with Crippen molar-refractivity contribution in [1.82, 2.24) is 9.88 Å². The lowest BCUT2D eigenvalue weighted by molar-refractivity contribution is 0.112. The highest BCUT2D eigenvalue weighted by Crippen LogP contribution is 2.18. The summed E-state index contributed by atoms with van der Waals surface area (Å²) < 4.78 is 0. The van der Waals surface area contributed by atoms with Crippen LogP contribution in [-0.4, -0.2) is 22.7 Å². The Kier molecular flexibility index (Phi) is 3.48. The number of H-pyrrole nitrogens is 1. The molecule has 1 N–H and O–H groups in total. The van der Waals surface area contributed by atoms with Gasteiger partial charge >= 0.3 is 0 Å². The Morgan fingerprint density at radius 3 is 2.80 bits per heavy atom. The number of carbonyl (C=O) groups is 1. The Morgan fingerprint density at radius 1 is 1.25 bits per heavy atom. The zero-order chi connectivity index (χ0) is 13.9. The number of fused-ring (bicyclic) bond motifs is 1. The Hall–Kier alpha value is -2.20. The van der Waals surface area contributed by atoms with E-state index in [1.807, 2.05) is 18.2 Å². The molecule has 4 heteroatoms. The quantitative estimate of drug-likeness (QED) is 0.863. The number of aldehydes is 1. The van der Waals surface area contributed by atoms with Crippen LogP contribution < -0.4 is 5.56 Å². The summed E-state index contributed by atoms with van der Waals surface area (Å²) >= 11 is 0. The predicted molar refractivity (Wildman–Crippen MR) is 76.7 cm³/mol. The Balaban J connectivity index is 1.81. The number of nitrogens with one attached hydrogen (secondary N) is 1. The van der Waals surface area contributed by atoms with Gasteiger partial charge in [0.15, 0.2) is 6.29 Å². The molecule has 0 radical (unpaired) electrons. The predicted octanol–water partition coefficient (Wildman–Crippen LogP) is 1.75. The number of pyridine rings is 1. The summed E-state index contributed by atoms with van der Waals surface area (Å²) in [5.74, 6) is 0. The van der Waals surface area contributed by atoms with Crippen LogP contribution in [0.15, 0.2) is 41.2 Å². The molecule has 1 aromatic carbocycles. The van der Waals surface area contributed by atoms with Gasteiger partial charge in [-0.05, 0) is 17.2 Å². The molecule has 0 atom stereocenters. The molecule has 0 fully saturated rings. The average Bonchev–Trinajstić information content (AvgIpc) is 2.48. The van der Waals surface area contributed by atoms with E-state index in [9.17, 15) is 9.59 Å². The van der Waals surface area contributed by atoms with E-state index >= 15 is 0 Å². The molecule has 0 aliphatic carbocycles. The van der Waals surface area contributed by atoms with Crippen molar-refractivity contribution in [2.75, 3.05) is 6.54 Å². The van der Waals surface area contributed by atoms with Crippen molar-refractivity contribution in [2.24, 2.45) is 0 Å². The fourth-order valence-corrected chi connectivity index (χ4v) is 2.65. The molecule has 0 bridgehead atoms. The first-order valence-electron chi connectivity index (χ1n) is 6.73.